The van der Waals surface area contributed by atoms with Gasteiger partial charge in [0.25, 0.3) is 0 Å². The van der Waals surface area contributed by atoms with E-state index in [0.29, 0.717) is 37.4 Å². The van der Waals surface area contributed by atoms with Gasteiger partial charge in [0.15, 0.2) is 5.82 Å². The highest BCUT2D eigenvalue weighted by Crippen LogP contribution is 2.32. The Balaban J connectivity index is 1.36. The second-order valence-electron chi connectivity index (χ2n) is 9.22. The lowest BCUT2D eigenvalue weighted by Gasteiger charge is -2.32. The number of piperidine rings is 1. The molecule has 3 aromatic rings. The zero-order valence-electron chi connectivity index (χ0n) is 20.9. The van der Waals surface area contributed by atoms with E-state index in [9.17, 15) is 31.1 Å². The quantitative estimate of drug-likeness (QED) is 0.375. The lowest BCUT2D eigenvalue weighted by atomic mass is 9.93. The van der Waals surface area contributed by atoms with Gasteiger partial charge < -0.3 is 15.5 Å². The van der Waals surface area contributed by atoms with E-state index in [1.807, 2.05) is 4.90 Å². The number of benzene rings is 2. The van der Waals surface area contributed by atoms with Crippen LogP contribution in [0.1, 0.15) is 36.0 Å². The number of hydrogen-bond donors (Lipinski definition) is 2. The van der Waals surface area contributed by atoms with Crippen LogP contribution in [0.4, 0.5) is 38.2 Å². The number of rotatable bonds is 7. The van der Waals surface area contributed by atoms with E-state index in [-0.39, 0.29) is 42.1 Å². The van der Waals surface area contributed by atoms with Crippen molar-refractivity contribution in [2.45, 2.75) is 38.2 Å². The van der Waals surface area contributed by atoms with Gasteiger partial charge in [-0.3, -0.25) is 4.79 Å². The van der Waals surface area contributed by atoms with Crippen LogP contribution in [0.3, 0.4) is 0 Å². The van der Waals surface area contributed by atoms with Crippen LogP contribution in [-0.2, 0) is 23.7 Å². The summed E-state index contributed by atoms with van der Waals surface area (Å²) in [5.74, 6) is 0.427. The Hall–Kier alpha value is -3.90. The monoisotopic (exact) mass is 552 g/mol. The summed E-state index contributed by atoms with van der Waals surface area (Å²) in [7, 11) is 1.60. The number of hydrogen-bond acceptors (Lipinski definition) is 6. The first-order valence-electron chi connectivity index (χ1n) is 12.2. The minimum atomic E-state index is -4.50. The molecule has 2 heterocycles. The number of alkyl halides is 6. The second kappa shape index (κ2) is 11.5. The molecular formula is C26H26F6N6O. The van der Waals surface area contributed by atoms with Crippen molar-refractivity contribution in [2.75, 3.05) is 30.4 Å². The van der Waals surface area contributed by atoms with Crippen LogP contribution in [0.15, 0.2) is 48.5 Å². The third-order valence-electron chi connectivity index (χ3n) is 6.41. The third kappa shape index (κ3) is 7.36. The van der Waals surface area contributed by atoms with Crippen molar-refractivity contribution in [1.82, 2.24) is 20.3 Å². The predicted octanol–water partition coefficient (Wildman–Crippen LogP) is 5.54. The number of nitrogens with zero attached hydrogens (tertiary/aromatic N) is 4. The van der Waals surface area contributed by atoms with Crippen LogP contribution in [0.5, 0.6) is 0 Å². The number of aromatic nitrogens is 3. The maximum atomic E-state index is 13.2. The Labute approximate surface area is 220 Å². The lowest BCUT2D eigenvalue weighted by molar-refractivity contribution is -0.138. The van der Waals surface area contributed by atoms with E-state index >= 15 is 0 Å². The summed E-state index contributed by atoms with van der Waals surface area (Å²) in [6.07, 6.45) is -7.46. The first-order chi connectivity index (χ1) is 18.4. The molecule has 2 N–H and O–H groups in total. The number of carbonyl (C=O) groups excluding carboxylic acids is 1. The molecule has 1 aliphatic heterocycles. The Morgan fingerprint density at radius 2 is 1.56 bits per heavy atom. The first kappa shape index (κ1) is 28.1. The van der Waals surface area contributed by atoms with Gasteiger partial charge in [-0.1, -0.05) is 24.3 Å². The third-order valence-corrected chi connectivity index (χ3v) is 6.41. The highest BCUT2D eigenvalue weighted by atomic mass is 19.4. The van der Waals surface area contributed by atoms with Crippen LogP contribution in [0, 0.1) is 5.92 Å². The molecule has 1 fully saturated rings. The fourth-order valence-corrected chi connectivity index (χ4v) is 4.31. The molecule has 208 valence electrons. The van der Waals surface area contributed by atoms with Crippen LogP contribution in [0.2, 0.25) is 0 Å². The summed E-state index contributed by atoms with van der Waals surface area (Å²) in [5, 5.41) is 5.49. The summed E-state index contributed by atoms with van der Waals surface area (Å²) in [6, 6.07) is 9.58. The van der Waals surface area contributed by atoms with E-state index in [0.717, 1.165) is 24.3 Å². The molecule has 4 rings (SSSR count). The highest BCUT2D eigenvalue weighted by Gasteiger charge is 2.32. The number of halogens is 6. The summed E-state index contributed by atoms with van der Waals surface area (Å²) in [5.41, 5.74) is -1.00. The Kier molecular flexibility index (Phi) is 8.26. The molecule has 1 aromatic heterocycles. The van der Waals surface area contributed by atoms with Crippen molar-refractivity contribution in [3.63, 3.8) is 0 Å². The van der Waals surface area contributed by atoms with Gasteiger partial charge in [0.2, 0.25) is 17.8 Å². The van der Waals surface area contributed by atoms with Crippen LogP contribution in [-0.4, -0.2) is 41.0 Å². The van der Waals surface area contributed by atoms with Crippen molar-refractivity contribution in [3.8, 4) is 11.4 Å². The lowest BCUT2D eigenvalue weighted by Crippen LogP contribution is -2.37. The van der Waals surface area contributed by atoms with Gasteiger partial charge in [0.1, 0.15) is 0 Å². The number of nitrogens with one attached hydrogen (secondary N) is 2. The smallest absolute Gasteiger partial charge is 0.357 e. The molecule has 1 amide bonds. The highest BCUT2D eigenvalue weighted by molar-refractivity contribution is 5.76. The van der Waals surface area contributed by atoms with Crippen molar-refractivity contribution in [1.29, 1.82) is 0 Å². The first-order valence-corrected chi connectivity index (χ1v) is 12.2. The minimum absolute atomic E-state index is 0.00242. The fraction of sp³-hybridized carbons (Fsp3) is 0.385. The van der Waals surface area contributed by atoms with Gasteiger partial charge >= 0.3 is 12.4 Å². The average Bonchev–Trinajstić information content (AvgIpc) is 2.91. The van der Waals surface area contributed by atoms with Gasteiger partial charge in [0, 0.05) is 38.7 Å². The molecule has 0 bridgehead atoms. The Bertz CT molecular complexity index is 1300. The van der Waals surface area contributed by atoms with Gasteiger partial charge in [-0.05, 0) is 48.6 Å². The standard InChI is InChI=1S/C26H26F6N6O/c1-33-23-35-22(18-5-3-7-20(14-18)26(30,31)32)36-24(37-23)38-10-8-16(9-11-38)13-21(39)34-15-17-4-2-6-19(12-17)25(27,28)29/h2-7,12,14,16H,8-11,13,15H2,1H3,(H,34,39)(H,33,35,36,37). The average molecular weight is 553 g/mol. The van der Waals surface area contributed by atoms with Gasteiger partial charge in [-0.25, -0.2) is 0 Å². The molecule has 1 saturated heterocycles. The van der Waals surface area contributed by atoms with Crippen LogP contribution < -0.4 is 15.5 Å². The molecule has 0 radical (unpaired) electrons. The molecule has 0 spiro atoms. The topological polar surface area (TPSA) is 83.0 Å². The summed E-state index contributed by atoms with van der Waals surface area (Å²) in [4.78, 5) is 27.3. The van der Waals surface area contributed by atoms with E-state index in [1.54, 1.807) is 7.05 Å². The van der Waals surface area contributed by atoms with Crippen LogP contribution >= 0.6 is 0 Å². The molecule has 39 heavy (non-hydrogen) atoms. The summed E-state index contributed by atoms with van der Waals surface area (Å²) < 4.78 is 78.2. The van der Waals surface area contributed by atoms with Crippen LogP contribution in [0.25, 0.3) is 11.4 Å². The fourth-order valence-electron chi connectivity index (χ4n) is 4.31. The van der Waals surface area contributed by atoms with Gasteiger partial charge in [-0.15, -0.1) is 0 Å². The number of anilines is 2. The molecule has 13 heteroatoms. The Morgan fingerprint density at radius 1 is 0.923 bits per heavy atom. The van der Waals surface area contributed by atoms with Crippen molar-refractivity contribution >= 4 is 17.8 Å². The zero-order chi connectivity index (χ0) is 28.2. The van der Waals surface area contributed by atoms with Gasteiger partial charge in [0.05, 0.1) is 11.1 Å². The normalized spacial score (nSPS) is 14.8. The minimum Gasteiger partial charge on any atom is -0.357 e. The van der Waals surface area contributed by atoms with E-state index < -0.39 is 23.5 Å². The van der Waals surface area contributed by atoms with Crippen molar-refractivity contribution in [2.24, 2.45) is 5.92 Å². The number of amides is 1. The molecule has 0 aliphatic carbocycles. The maximum absolute atomic E-state index is 13.2. The largest absolute Gasteiger partial charge is 0.416 e. The molecule has 0 atom stereocenters. The van der Waals surface area contributed by atoms with Gasteiger partial charge in [-0.2, -0.15) is 41.3 Å². The molecule has 7 nitrogen and oxygen atoms in total. The SMILES string of the molecule is CNc1nc(-c2cccc(C(F)(F)F)c2)nc(N2CCC(CC(=O)NCc3cccc(C(F)(F)F)c3)CC2)n1. The molecular weight excluding hydrogens is 526 g/mol. The predicted molar refractivity (Wildman–Crippen MR) is 133 cm³/mol. The molecule has 0 saturated carbocycles. The van der Waals surface area contributed by atoms with E-state index in [2.05, 4.69) is 25.6 Å². The summed E-state index contributed by atoms with van der Waals surface area (Å²) >= 11 is 0. The second-order valence-corrected chi connectivity index (χ2v) is 9.22. The zero-order valence-corrected chi connectivity index (χ0v) is 20.9. The molecule has 2 aromatic carbocycles. The molecule has 0 unspecified atom stereocenters. The van der Waals surface area contributed by atoms with Crippen molar-refractivity contribution < 1.29 is 31.1 Å². The summed E-state index contributed by atoms with van der Waals surface area (Å²) in [6.45, 7) is 1.03. The number of carbonyl (C=O) groups is 1. The van der Waals surface area contributed by atoms with E-state index in [4.69, 9.17) is 0 Å². The molecule has 1 aliphatic rings. The van der Waals surface area contributed by atoms with Crippen molar-refractivity contribution in [3.05, 3.63) is 65.2 Å². The maximum Gasteiger partial charge on any atom is 0.416 e. The van der Waals surface area contributed by atoms with E-state index in [1.165, 1.54) is 24.3 Å². The Morgan fingerprint density at radius 3 is 2.21 bits per heavy atom.